The summed E-state index contributed by atoms with van der Waals surface area (Å²) in [5.41, 5.74) is 0.340. The van der Waals surface area contributed by atoms with Crippen LogP contribution in [-0.2, 0) is 9.84 Å². The molecule has 100 valence electrons. The van der Waals surface area contributed by atoms with Gasteiger partial charge in [0.05, 0.1) is 5.75 Å². The number of rotatable bonds is 5. The van der Waals surface area contributed by atoms with Crippen LogP contribution in [0.3, 0.4) is 0 Å². The average Bonchev–Trinajstić information content (AvgIpc) is 2.29. The Labute approximate surface area is 109 Å². The van der Waals surface area contributed by atoms with Gasteiger partial charge in [-0.3, -0.25) is 4.99 Å². The van der Waals surface area contributed by atoms with Crippen LogP contribution < -0.4 is 5.32 Å². The summed E-state index contributed by atoms with van der Waals surface area (Å²) in [7, 11) is -2.88. The van der Waals surface area contributed by atoms with Crippen LogP contribution in [0.25, 0.3) is 0 Å². The van der Waals surface area contributed by atoms with Crippen LogP contribution in [0.1, 0.15) is 26.7 Å². The first kappa shape index (κ1) is 14.8. The maximum atomic E-state index is 11.0. The van der Waals surface area contributed by atoms with Gasteiger partial charge >= 0.3 is 0 Å². The molecule has 0 aromatic rings. The van der Waals surface area contributed by atoms with E-state index in [4.69, 9.17) is 0 Å². The number of nitrogens with zero attached hydrogens (tertiary/aromatic N) is 1. The summed E-state index contributed by atoms with van der Waals surface area (Å²) < 4.78 is 22.0. The van der Waals surface area contributed by atoms with Crippen molar-refractivity contribution in [2.75, 3.05) is 30.9 Å². The second-order valence-electron chi connectivity index (χ2n) is 4.67. The third-order valence-electron chi connectivity index (χ3n) is 3.32. The molecule has 0 atom stereocenters. The first-order valence-corrected chi connectivity index (χ1v) is 9.04. The Balaban J connectivity index is 2.41. The Bertz CT molecular complexity index is 373. The van der Waals surface area contributed by atoms with Crippen molar-refractivity contribution in [1.82, 2.24) is 5.32 Å². The van der Waals surface area contributed by atoms with Crippen LogP contribution in [0.5, 0.6) is 0 Å². The normalized spacial score (nSPS) is 19.8. The highest BCUT2D eigenvalue weighted by Crippen LogP contribution is 2.34. The number of amidine groups is 1. The van der Waals surface area contributed by atoms with Gasteiger partial charge in [0.25, 0.3) is 0 Å². The number of hydrogen-bond acceptors (Lipinski definition) is 5. The summed E-state index contributed by atoms with van der Waals surface area (Å²) in [4.78, 5) is 4.52. The lowest BCUT2D eigenvalue weighted by atomic mass is 9.84. The lowest BCUT2D eigenvalue weighted by Crippen LogP contribution is -2.36. The molecule has 1 N–H and O–H groups in total. The molecule has 6 heteroatoms. The quantitative estimate of drug-likeness (QED) is 0.828. The van der Waals surface area contributed by atoms with E-state index in [1.165, 1.54) is 6.26 Å². The van der Waals surface area contributed by atoms with E-state index in [-0.39, 0.29) is 5.75 Å². The third kappa shape index (κ3) is 4.87. The van der Waals surface area contributed by atoms with Crippen molar-refractivity contribution < 1.29 is 8.42 Å². The van der Waals surface area contributed by atoms with E-state index < -0.39 is 9.84 Å². The van der Waals surface area contributed by atoms with Crippen molar-refractivity contribution in [3.8, 4) is 0 Å². The molecule has 0 bridgehead atoms. The Kier molecular flexibility index (Phi) is 5.31. The van der Waals surface area contributed by atoms with E-state index in [1.807, 2.05) is 0 Å². The Morgan fingerprint density at radius 3 is 2.47 bits per heavy atom. The third-order valence-corrected chi connectivity index (χ3v) is 5.57. The Morgan fingerprint density at radius 1 is 1.41 bits per heavy atom. The molecular formula is C11H22N2O2S2. The minimum absolute atomic E-state index is 0.166. The summed E-state index contributed by atoms with van der Waals surface area (Å²) in [5.74, 6) is 1.24. The molecule has 0 saturated heterocycles. The second-order valence-corrected chi connectivity index (χ2v) is 7.90. The molecule has 0 fully saturated rings. The number of thioether (sulfide) groups is 1. The fourth-order valence-electron chi connectivity index (χ4n) is 1.68. The first-order chi connectivity index (χ1) is 7.91. The van der Waals surface area contributed by atoms with E-state index in [0.717, 1.165) is 30.3 Å². The molecule has 0 aromatic heterocycles. The van der Waals surface area contributed by atoms with Gasteiger partial charge in [-0.2, -0.15) is 0 Å². The highest BCUT2D eigenvalue weighted by atomic mass is 32.2. The smallest absolute Gasteiger partial charge is 0.156 e. The maximum absolute atomic E-state index is 11.0. The van der Waals surface area contributed by atoms with Crippen molar-refractivity contribution in [3.05, 3.63) is 0 Å². The fourth-order valence-corrected chi connectivity index (χ4v) is 3.46. The van der Waals surface area contributed by atoms with Crippen LogP contribution in [-0.4, -0.2) is 44.4 Å². The van der Waals surface area contributed by atoms with Gasteiger partial charge in [0, 0.05) is 25.1 Å². The van der Waals surface area contributed by atoms with Gasteiger partial charge in [0.2, 0.25) is 0 Å². The molecular weight excluding hydrogens is 256 g/mol. The van der Waals surface area contributed by atoms with Crippen LogP contribution in [0.4, 0.5) is 0 Å². The number of nitrogens with one attached hydrogen (secondary N) is 1. The number of sulfone groups is 1. The summed E-state index contributed by atoms with van der Waals surface area (Å²) in [6.45, 7) is 5.73. The zero-order chi connectivity index (χ0) is 12.9. The average molecular weight is 278 g/mol. The van der Waals surface area contributed by atoms with Crippen molar-refractivity contribution in [2.24, 2.45) is 10.4 Å². The standard InChI is InChI=1S/C11H22N2O2S2/c1-4-11(5-2)8-13-10(16-9-11)12-6-7-17(3,14)15/h4-9H2,1-3H3,(H,12,13). The van der Waals surface area contributed by atoms with E-state index in [1.54, 1.807) is 11.8 Å². The Hall–Kier alpha value is -0.230. The SMILES string of the molecule is CCC1(CC)CN=C(NCCS(C)(=O)=O)SC1. The van der Waals surface area contributed by atoms with E-state index in [2.05, 4.69) is 24.2 Å². The summed E-state index contributed by atoms with van der Waals surface area (Å²) in [5, 5.41) is 3.99. The van der Waals surface area contributed by atoms with Crippen LogP contribution in [0.15, 0.2) is 4.99 Å². The zero-order valence-corrected chi connectivity index (χ0v) is 12.5. The number of hydrogen-bond donors (Lipinski definition) is 1. The molecule has 1 aliphatic heterocycles. The van der Waals surface area contributed by atoms with Gasteiger partial charge in [0.1, 0.15) is 9.84 Å². The molecule has 4 nitrogen and oxygen atoms in total. The largest absolute Gasteiger partial charge is 0.364 e. The number of aliphatic imine (C=N–C) groups is 1. The van der Waals surface area contributed by atoms with E-state index in [9.17, 15) is 8.42 Å². The van der Waals surface area contributed by atoms with E-state index in [0.29, 0.717) is 12.0 Å². The lowest BCUT2D eigenvalue weighted by Gasteiger charge is -2.33. The molecule has 0 spiro atoms. The first-order valence-electron chi connectivity index (χ1n) is 5.99. The minimum Gasteiger partial charge on any atom is -0.364 e. The van der Waals surface area contributed by atoms with Gasteiger partial charge in [-0.1, -0.05) is 25.6 Å². The fraction of sp³-hybridized carbons (Fsp3) is 0.909. The zero-order valence-electron chi connectivity index (χ0n) is 10.8. The summed E-state index contributed by atoms with van der Waals surface area (Å²) in [6, 6.07) is 0. The Morgan fingerprint density at radius 2 is 2.06 bits per heavy atom. The molecule has 0 radical (unpaired) electrons. The van der Waals surface area contributed by atoms with E-state index >= 15 is 0 Å². The second kappa shape index (κ2) is 6.09. The highest BCUT2D eigenvalue weighted by Gasteiger charge is 2.29. The molecule has 0 aliphatic carbocycles. The predicted molar refractivity (Wildman–Crippen MR) is 75.5 cm³/mol. The molecule has 0 amide bonds. The summed E-state index contributed by atoms with van der Waals surface area (Å²) >= 11 is 1.71. The lowest BCUT2D eigenvalue weighted by molar-refractivity contribution is 0.318. The van der Waals surface area contributed by atoms with Gasteiger partial charge in [-0.05, 0) is 18.3 Å². The molecule has 1 heterocycles. The van der Waals surface area contributed by atoms with Crippen LogP contribution in [0.2, 0.25) is 0 Å². The predicted octanol–water partition coefficient (Wildman–Crippen LogP) is 1.53. The highest BCUT2D eigenvalue weighted by molar-refractivity contribution is 8.13. The van der Waals surface area contributed by atoms with Gasteiger partial charge in [-0.25, -0.2) is 8.42 Å². The maximum Gasteiger partial charge on any atom is 0.156 e. The minimum atomic E-state index is -2.88. The molecule has 1 aliphatic rings. The molecule has 1 rings (SSSR count). The summed E-state index contributed by atoms with van der Waals surface area (Å²) in [6.07, 6.45) is 3.55. The van der Waals surface area contributed by atoms with Gasteiger partial charge in [-0.15, -0.1) is 0 Å². The van der Waals surface area contributed by atoms with Gasteiger partial charge in [0.15, 0.2) is 5.17 Å². The topological polar surface area (TPSA) is 58.5 Å². The van der Waals surface area contributed by atoms with Crippen molar-refractivity contribution >= 4 is 26.8 Å². The van der Waals surface area contributed by atoms with Crippen LogP contribution in [0, 0.1) is 5.41 Å². The van der Waals surface area contributed by atoms with Crippen molar-refractivity contribution in [3.63, 3.8) is 0 Å². The molecule has 0 saturated carbocycles. The van der Waals surface area contributed by atoms with Crippen molar-refractivity contribution in [1.29, 1.82) is 0 Å². The van der Waals surface area contributed by atoms with Gasteiger partial charge < -0.3 is 5.32 Å². The molecule has 0 unspecified atom stereocenters. The van der Waals surface area contributed by atoms with Crippen molar-refractivity contribution in [2.45, 2.75) is 26.7 Å². The molecule has 0 aromatic carbocycles. The monoisotopic (exact) mass is 278 g/mol. The molecule has 17 heavy (non-hydrogen) atoms. The van der Waals surface area contributed by atoms with Crippen LogP contribution >= 0.6 is 11.8 Å².